The van der Waals surface area contributed by atoms with Crippen LogP contribution >= 0.6 is 0 Å². The van der Waals surface area contributed by atoms with Gasteiger partial charge in [-0.3, -0.25) is 4.98 Å². The van der Waals surface area contributed by atoms with Gasteiger partial charge in [0.25, 0.3) is 0 Å². The zero-order valence-electron chi connectivity index (χ0n) is 33.6. The summed E-state index contributed by atoms with van der Waals surface area (Å²) in [5.74, 6) is 3.52. The van der Waals surface area contributed by atoms with Gasteiger partial charge in [-0.2, -0.15) is 9.13 Å². The van der Waals surface area contributed by atoms with E-state index in [0.29, 0.717) is 11.8 Å². The predicted molar refractivity (Wildman–Crippen MR) is 228 cm³/mol. The molecule has 3 fully saturated rings. The molecule has 6 aromatic rings. The van der Waals surface area contributed by atoms with Gasteiger partial charge in [0.2, 0.25) is 11.4 Å². The molecule has 3 aliphatic carbocycles. The van der Waals surface area contributed by atoms with Crippen molar-refractivity contribution in [2.45, 2.75) is 110 Å². The number of hydrogen-bond acceptors (Lipinski definition) is 2. The van der Waals surface area contributed by atoms with E-state index in [-0.39, 0.29) is 6.04 Å². The second-order valence-electron chi connectivity index (χ2n) is 19.1. The van der Waals surface area contributed by atoms with E-state index in [1.165, 1.54) is 60.2 Å². The SMILES string of the molecule is C=C1CC2C(CCc3ncc4c(oc5ccccc54)c3-c3cc(CC4CC5CCC4CC5)cc[n+]31)c1ccccc1-c1cc(CC(C)C)c([Si](C)(C)C)c[n+]12. The topological polar surface area (TPSA) is 33.8 Å². The highest BCUT2D eigenvalue weighted by molar-refractivity contribution is 6.89. The van der Waals surface area contributed by atoms with E-state index in [4.69, 9.17) is 16.0 Å². The van der Waals surface area contributed by atoms with E-state index >= 15 is 0 Å². The lowest BCUT2D eigenvalue weighted by atomic mass is 9.63. The zero-order valence-corrected chi connectivity index (χ0v) is 34.6. The number of nitrogens with zero attached hydrogens (tertiary/aromatic N) is 3. The van der Waals surface area contributed by atoms with Gasteiger partial charge < -0.3 is 4.42 Å². The Morgan fingerprint density at radius 3 is 2.49 bits per heavy atom. The number of furan rings is 1. The third-order valence-electron chi connectivity index (χ3n) is 14.0. The van der Waals surface area contributed by atoms with Crippen molar-refractivity contribution in [3.05, 3.63) is 114 Å². The molecule has 5 heteroatoms. The van der Waals surface area contributed by atoms with Gasteiger partial charge in [0.1, 0.15) is 11.1 Å². The summed E-state index contributed by atoms with van der Waals surface area (Å²) in [6.07, 6.45) is 19.2. The Bertz CT molecular complexity index is 2480. The lowest BCUT2D eigenvalue weighted by Gasteiger charge is -2.42. The molecule has 0 N–H and O–H groups in total. The quantitative estimate of drug-likeness (QED) is 0.130. The largest absolute Gasteiger partial charge is 0.455 e. The molecule has 2 bridgehead atoms. The van der Waals surface area contributed by atoms with Gasteiger partial charge in [0, 0.05) is 51.8 Å². The van der Waals surface area contributed by atoms with Crippen LogP contribution in [0.3, 0.4) is 0 Å². The predicted octanol–water partition coefficient (Wildman–Crippen LogP) is 11.1. The summed E-state index contributed by atoms with van der Waals surface area (Å²) in [4.78, 5) is 5.36. The molecule has 0 spiro atoms. The number of rotatable bonds is 5. The van der Waals surface area contributed by atoms with Gasteiger partial charge in [0.05, 0.1) is 20.2 Å². The molecule has 0 saturated heterocycles. The van der Waals surface area contributed by atoms with Crippen LogP contribution in [0.15, 0.2) is 96.3 Å². The molecule has 55 heavy (non-hydrogen) atoms. The molecule has 3 saturated carbocycles. The Kier molecular flexibility index (Phi) is 8.55. The fourth-order valence-corrected chi connectivity index (χ4v) is 13.1. The van der Waals surface area contributed by atoms with Crippen molar-refractivity contribution >= 4 is 40.9 Å². The van der Waals surface area contributed by atoms with Gasteiger partial charge in [-0.1, -0.05) is 82.7 Å². The van der Waals surface area contributed by atoms with Crippen LogP contribution in [0.25, 0.3) is 50.2 Å². The summed E-state index contributed by atoms with van der Waals surface area (Å²) < 4.78 is 12.0. The van der Waals surface area contributed by atoms with E-state index in [9.17, 15) is 0 Å². The first kappa shape index (κ1) is 35.1. The number of hydrogen-bond donors (Lipinski definition) is 0. The summed E-state index contributed by atoms with van der Waals surface area (Å²) in [6, 6.07) is 25.4. The molecule has 280 valence electrons. The molecule has 4 nitrogen and oxygen atoms in total. The maximum atomic E-state index is 6.85. The summed E-state index contributed by atoms with van der Waals surface area (Å²) in [5, 5.41) is 3.83. The minimum atomic E-state index is -1.65. The van der Waals surface area contributed by atoms with E-state index in [2.05, 4.69) is 128 Å². The normalized spacial score (nSPS) is 23.3. The van der Waals surface area contributed by atoms with Gasteiger partial charge in [-0.05, 0) is 104 Å². The van der Waals surface area contributed by atoms with Crippen LogP contribution in [-0.4, -0.2) is 13.1 Å². The average molecular weight is 744 g/mol. The van der Waals surface area contributed by atoms with Crippen molar-refractivity contribution in [1.82, 2.24) is 4.98 Å². The number of benzene rings is 2. The molecule has 4 aromatic heterocycles. The monoisotopic (exact) mass is 743 g/mol. The number of aryl methyl sites for hydroxylation is 1. The third-order valence-corrected chi connectivity index (χ3v) is 16.1. The molecule has 2 aliphatic heterocycles. The van der Waals surface area contributed by atoms with E-state index in [0.717, 1.165) is 88.8 Å². The number of para-hydroxylation sites is 1. The summed E-state index contributed by atoms with van der Waals surface area (Å²) in [5.41, 5.74) is 13.7. The van der Waals surface area contributed by atoms with Gasteiger partial charge in [0.15, 0.2) is 29.7 Å². The van der Waals surface area contributed by atoms with Crippen LogP contribution < -0.4 is 14.3 Å². The summed E-state index contributed by atoms with van der Waals surface area (Å²) in [7, 11) is -1.65. The number of pyridine rings is 3. The zero-order chi connectivity index (χ0) is 37.6. The van der Waals surface area contributed by atoms with Crippen molar-refractivity contribution in [3.8, 4) is 22.5 Å². The molecule has 3 unspecified atom stereocenters. The maximum Gasteiger partial charge on any atom is 0.224 e. The molecule has 0 amide bonds. The number of aromatic nitrogens is 3. The lowest BCUT2D eigenvalue weighted by molar-refractivity contribution is -0.719. The molecule has 6 heterocycles. The molecule has 0 radical (unpaired) electrons. The maximum absolute atomic E-state index is 6.85. The minimum Gasteiger partial charge on any atom is -0.455 e. The highest BCUT2D eigenvalue weighted by Crippen LogP contribution is 2.48. The van der Waals surface area contributed by atoms with E-state index < -0.39 is 8.07 Å². The minimum absolute atomic E-state index is 0.245. The lowest BCUT2D eigenvalue weighted by Crippen LogP contribution is -2.54. The van der Waals surface area contributed by atoms with E-state index in [1.54, 1.807) is 10.8 Å². The molecular formula is C50H57N3OSi+2. The smallest absolute Gasteiger partial charge is 0.224 e. The summed E-state index contributed by atoms with van der Waals surface area (Å²) >= 11 is 0. The first-order chi connectivity index (χ1) is 26.6. The first-order valence-electron chi connectivity index (χ1n) is 21.3. The second-order valence-corrected chi connectivity index (χ2v) is 24.2. The number of fused-ring (bicyclic) bond motifs is 16. The second kappa shape index (κ2) is 13.4. The molecular weight excluding hydrogens is 687 g/mol. The molecule has 11 rings (SSSR count). The highest BCUT2D eigenvalue weighted by atomic mass is 28.3. The van der Waals surface area contributed by atoms with Crippen LogP contribution in [0.2, 0.25) is 19.6 Å². The van der Waals surface area contributed by atoms with Crippen LogP contribution in [0.5, 0.6) is 0 Å². The van der Waals surface area contributed by atoms with Crippen molar-refractivity contribution in [2.75, 3.05) is 0 Å². The van der Waals surface area contributed by atoms with Crippen LogP contribution in [-0.2, 0) is 19.3 Å². The average Bonchev–Trinajstić information content (AvgIpc) is 3.55. The Morgan fingerprint density at radius 1 is 0.909 bits per heavy atom. The molecule has 3 atom stereocenters. The highest BCUT2D eigenvalue weighted by Gasteiger charge is 2.44. The molecule has 2 aromatic carbocycles. The fourth-order valence-electron chi connectivity index (χ4n) is 11.4. The summed E-state index contributed by atoms with van der Waals surface area (Å²) in [6.45, 7) is 17.2. The van der Waals surface area contributed by atoms with Gasteiger partial charge in [-0.25, -0.2) is 0 Å². The van der Waals surface area contributed by atoms with Crippen LogP contribution in [0.1, 0.15) is 93.1 Å². The van der Waals surface area contributed by atoms with E-state index in [1.807, 2.05) is 0 Å². The van der Waals surface area contributed by atoms with Crippen molar-refractivity contribution in [3.63, 3.8) is 0 Å². The first-order valence-corrected chi connectivity index (χ1v) is 24.8. The molecule has 5 aliphatic rings. The third kappa shape index (κ3) is 6.04. The van der Waals surface area contributed by atoms with Crippen LogP contribution in [0, 0.1) is 23.7 Å². The van der Waals surface area contributed by atoms with Gasteiger partial charge >= 0.3 is 0 Å². The standard InChI is InChI=1S/C50H57N3OSi/c1-31(2)23-37-28-45-39-12-8-7-11-38(39)40-19-20-43-49(50-42(29-51-43)41-13-9-10-14-47(41)54-50)46-27-34(26-36-25-33-15-17-35(36)18-16-33)21-22-52(46)32(3)24-44(40)53(45)30-48(37)55(4,5)6/h7-14,21-22,27-31,33,35-36,40,44H,3,15-20,23-26H2,1-2,4-6H3/q+2. The Labute approximate surface area is 328 Å². The van der Waals surface area contributed by atoms with Crippen LogP contribution in [0.4, 0.5) is 0 Å². The number of allylic oxidation sites excluding steroid dienone is 1. The Balaban J connectivity index is 1.16. The van der Waals surface area contributed by atoms with Crippen molar-refractivity contribution < 1.29 is 13.6 Å². The van der Waals surface area contributed by atoms with Crippen molar-refractivity contribution in [2.24, 2.45) is 23.7 Å². The van der Waals surface area contributed by atoms with Crippen molar-refractivity contribution in [1.29, 1.82) is 0 Å². The Morgan fingerprint density at radius 2 is 1.71 bits per heavy atom. The Hall–Kier alpha value is -4.35. The fraction of sp³-hybridized carbons (Fsp3) is 0.420. The van der Waals surface area contributed by atoms with Gasteiger partial charge in [-0.15, -0.1) is 0 Å².